The van der Waals surface area contributed by atoms with Gasteiger partial charge in [0.25, 0.3) is 0 Å². The predicted octanol–water partition coefficient (Wildman–Crippen LogP) is 2.28. The van der Waals surface area contributed by atoms with E-state index in [0.29, 0.717) is 25.5 Å². The lowest BCUT2D eigenvalue weighted by Gasteiger charge is -2.30. The van der Waals surface area contributed by atoms with Gasteiger partial charge in [-0.05, 0) is 34.6 Å². The Morgan fingerprint density at radius 2 is 2.23 bits per heavy atom. The second-order valence-corrected chi connectivity index (χ2v) is 6.41. The molecule has 0 saturated heterocycles. The van der Waals surface area contributed by atoms with Crippen molar-refractivity contribution in [1.29, 1.82) is 0 Å². The van der Waals surface area contributed by atoms with Crippen LogP contribution in [0.5, 0.6) is 0 Å². The number of aromatic nitrogens is 1. The molecular weight excluding hydrogens is 284 g/mol. The molecule has 0 aliphatic carbocycles. The third kappa shape index (κ3) is 4.47. The first-order valence-corrected chi connectivity index (χ1v) is 7.45. The van der Waals surface area contributed by atoms with Crippen molar-refractivity contribution in [3.8, 4) is 0 Å². The molecule has 1 aromatic heterocycles. The van der Waals surface area contributed by atoms with E-state index in [0.717, 1.165) is 11.6 Å². The first kappa shape index (κ1) is 16.3. The molecule has 1 aromatic rings. The van der Waals surface area contributed by atoms with E-state index in [-0.39, 0.29) is 12.1 Å². The Bertz CT molecular complexity index is 559. The van der Waals surface area contributed by atoms with E-state index >= 15 is 0 Å². The molecule has 0 bridgehead atoms. The minimum absolute atomic E-state index is 0.106. The first-order valence-electron chi connectivity index (χ1n) is 7.45. The third-order valence-corrected chi connectivity index (χ3v) is 3.06. The quantitative estimate of drug-likeness (QED) is 0.906. The highest BCUT2D eigenvalue weighted by Crippen LogP contribution is 2.14. The number of amidine groups is 1. The fourth-order valence-corrected chi connectivity index (χ4v) is 2.07. The SMILES string of the molecule is Cc1cnc(C(C)NC2=NCCN(C(=O)OC(C)(C)C)C2)o1. The van der Waals surface area contributed by atoms with Gasteiger partial charge in [0.1, 0.15) is 23.2 Å². The molecule has 1 aliphatic heterocycles. The first-order chi connectivity index (χ1) is 10.2. The van der Waals surface area contributed by atoms with Gasteiger partial charge in [0.2, 0.25) is 5.89 Å². The summed E-state index contributed by atoms with van der Waals surface area (Å²) in [5.41, 5.74) is -0.498. The molecule has 7 heteroatoms. The number of ether oxygens (including phenoxy) is 1. The van der Waals surface area contributed by atoms with E-state index < -0.39 is 5.60 Å². The molecule has 2 heterocycles. The number of oxazole rings is 1. The molecule has 122 valence electrons. The van der Waals surface area contributed by atoms with E-state index in [1.54, 1.807) is 11.1 Å². The molecule has 22 heavy (non-hydrogen) atoms. The Morgan fingerprint density at radius 1 is 1.50 bits per heavy atom. The number of rotatable bonds is 2. The van der Waals surface area contributed by atoms with E-state index in [4.69, 9.17) is 9.15 Å². The van der Waals surface area contributed by atoms with Crippen LogP contribution in [0, 0.1) is 6.92 Å². The van der Waals surface area contributed by atoms with Crippen LogP contribution < -0.4 is 5.32 Å². The van der Waals surface area contributed by atoms with Crippen LogP contribution >= 0.6 is 0 Å². The van der Waals surface area contributed by atoms with Gasteiger partial charge in [-0.25, -0.2) is 9.78 Å². The largest absolute Gasteiger partial charge is 0.444 e. The van der Waals surface area contributed by atoms with Crippen LogP contribution in [0.4, 0.5) is 4.79 Å². The average Bonchev–Trinajstić information content (AvgIpc) is 2.84. The molecule has 1 atom stereocenters. The maximum absolute atomic E-state index is 12.1. The summed E-state index contributed by atoms with van der Waals surface area (Å²) in [7, 11) is 0. The summed E-state index contributed by atoms with van der Waals surface area (Å²) in [6.45, 7) is 10.9. The maximum atomic E-state index is 12.1. The fourth-order valence-electron chi connectivity index (χ4n) is 2.07. The summed E-state index contributed by atoms with van der Waals surface area (Å²) >= 11 is 0. The van der Waals surface area contributed by atoms with Gasteiger partial charge < -0.3 is 14.5 Å². The highest BCUT2D eigenvalue weighted by atomic mass is 16.6. The Labute approximate surface area is 130 Å². The lowest BCUT2D eigenvalue weighted by Crippen LogP contribution is -2.47. The topological polar surface area (TPSA) is 80.0 Å². The molecule has 1 unspecified atom stereocenters. The number of carbonyl (C=O) groups is 1. The van der Waals surface area contributed by atoms with Gasteiger partial charge >= 0.3 is 6.09 Å². The third-order valence-electron chi connectivity index (χ3n) is 3.06. The van der Waals surface area contributed by atoms with Crippen LogP contribution in [0.25, 0.3) is 0 Å². The molecule has 7 nitrogen and oxygen atoms in total. The molecule has 0 spiro atoms. The molecular formula is C15H24N4O3. The number of hydrogen-bond donors (Lipinski definition) is 1. The minimum Gasteiger partial charge on any atom is -0.444 e. The van der Waals surface area contributed by atoms with Gasteiger partial charge in [-0.15, -0.1) is 0 Å². The van der Waals surface area contributed by atoms with Gasteiger partial charge in [0, 0.05) is 6.54 Å². The van der Waals surface area contributed by atoms with Gasteiger partial charge in [-0.1, -0.05) is 0 Å². The molecule has 0 saturated carbocycles. The smallest absolute Gasteiger partial charge is 0.410 e. The van der Waals surface area contributed by atoms with Crippen LogP contribution in [-0.2, 0) is 4.74 Å². The zero-order valence-electron chi connectivity index (χ0n) is 13.8. The van der Waals surface area contributed by atoms with Crippen molar-refractivity contribution in [2.24, 2.45) is 4.99 Å². The lowest BCUT2D eigenvalue weighted by atomic mass is 10.2. The lowest BCUT2D eigenvalue weighted by molar-refractivity contribution is 0.0276. The van der Waals surface area contributed by atoms with Crippen LogP contribution in [0.2, 0.25) is 0 Å². The van der Waals surface area contributed by atoms with Crippen molar-refractivity contribution < 1.29 is 13.9 Å². The fraction of sp³-hybridized carbons (Fsp3) is 0.667. The molecule has 1 aliphatic rings. The second kappa shape index (κ2) is 6.37. The van der Waals surface area contributed by atoms with E-state index in [2.05, 4.69) is 15.3 Å². The van der Waals surface area contributed by atoms with Crippen LogP contribution in [-0.4, -0.2) is 47.0 Å². The molecule has 0 aromatic carbocycles. The summed E-state index contributed by atoms with van der Waals surface area (Å²) in [5, 5.41) is 3.24. The van der Waals surface area contributed by atoms with Crippen LogP contribution in [0.15, 0.2) is 15.6 Å². The zero-order chi connectivity index (χ0) is 16.3. The summed E-state index contributed by atoms with van der Waals surface area (Å²) in [6.07, 6.45) is 1.37. The molecule has 1 N–H and O–H groups in total. The van der Waals surface area contributed by atoms with Crippen molar-refractivity contribution in [3.05, 3.63) is 17.8 Å². The minimum atomic E-state index is -0.498. The number of nitrogens with zero attached hydrogens (tertiary/aromatic N) is 3. The van der Waals surface area contributed by atoms with Crippen molar-refractivity contribution in [2.45, 2.75) is 46.3 Å². The van der Waals surface area contributed by atoms with Crippen LogP contribution in [0.1, 0.15) is 45.4 Å². The van der Waals surface area contributed by atoms with Crippen LogP contribution in [0.3, 0.4) is 0 Å². The van der Waals surface area contributed by atoms with Gasteiger partial charge in [0.15, 0.2) is 0 Å². The Hall–Kier alpha value is -2.05. The number of aliphatic imine (C=N–C) groups is 1. The highest BCUT2D eigenvalue weighted by Gasteiger charge is 2.26. The number of aryl methyl sites for hydroxylation is 1. The molecule has 0 radical (unpaired) electrons. The van der Waals surface area contributed by atoms with Crippen molar-refractivity contribution >= 4 is 11.9 Å². The standard InChI is InChI=1S/C15H24N4O3/c1-10-8-17-13(21-10)11(2)18-12-9-19(7-6-16-12)14(20)22-15(3,4)5/h8,11H,6-7,9H2,1-5H3,(H,16,18). The second-order valence-electron chi connectivity index (χ2n) is 6.41. The van der Waals surface area contributed by atoms with Crippen molar-refractivity contribution in [2.75, 3.05) is 19.6 Å². The highest BCUT2D eigenvalue weighted by molar-refractivity contribution is 5.88. The summed E-state index contributed by atoms with van der Waals surface area (Å²) in [4.78, 5) is 22.4. The Balaban J connectivity index is 1.93. The van der Waals surface area contributed by atoms with E-state index in [1.165, 1.54) is 0 Å². The average molecular weight is 308 g/mol. The maximum Gasteiger partial charge on any atom is 0.410 e. The number of nitrogens with one attached hydrogen (secondary N) is 1. The molecule has 0 fully saturated rings. The number of carbonyl (C=O) groups excluding carboxylic acids is 1. The zero-order valence-corrected chi connectivity index (χ0v) is 13.8. The van der Waals surface area contributed by atoms with Gasteiger partial charge in [0.05, 0.1) is 19.3 Å². The molecule has 1 amide bonds. The monoisotopic (exact) mass is 308 g/mol. The normalized spacial score (nSPS) is 17.0. The Morgan fingerprint density at radius 3 is 2.82 bits per heavy atom. The van der Waals surface area contributed by atoms with Gasteiger partial charge in [-0.3, -0.25) is 9.89 Å². The Kier molecular flexibility index (Phi) is 4.73. The van der Waals surface area contributed by atoms with Crippen molar-refractivity contribution in [3.63, 3.8) is 0 Å². The summed E-state index contributed by atoms with van der Waals surface area (Å²) < 4.78 is 10.9. The number of hydrogen-bond acceptors (Lipinski definition) is 6. The van der Waals surface area contributed by atoms with E-state index in [9.17, 15) is 4.79 Å². The molecule has 2 rings (SSSR count). The number of amides is 1. The summed E-state index contributed by atoms with van der Waals surface area (Å²) in [6, 6.07) is -0.106. The predicted molar refractivity (Wildman–Crippen MR) is 82.9 cm³/mol. The van der Waals surface area contributed by atoms with E-state index in [1.807, 2.05) is 34.6 Å². The van der Waals surface area contributed by atoms with Crippen molar-refractivity contribution in [1.82, 2.24) is 15.2 Å². The van der Waals surface area contributed by atoms with Gasteiger partial charge in [-0.2, -0.15) is 0 Å². The summed E-state index contributed by atoms with van der Waals surface area (Å²) in [5.74, 6) is 2.11.